The number of hydrogen-bond donors (Lipinski definition) is 1. The molecule has 3 rings (SSSR count). The Morgan fingerprint density at radius 1 is 1.17 bits per heavy atom. The van der Waals surface area contributed by atoms with Gasteiger partial charge >= 0.3 is 0 Å². The van der Waals surface area contributed by atoms with E-state index in [0.29, 0.717) is 12.6 Å². The van der Waals surface area contributed by atoms with Gasteiger partial charge in [-0.2, -0.15) is 11.8 Å². The molecule has 3 nitrogen and oxygen atoms in total. The van der Waals surface area contributed by atoms with E-state index in [-0.39, 0.29) is 0 Å². The second-order valence-electron chi connectivity index (χ2n) is 7.31. The van der Waals surface area contributed by atoms with Gasteiger partial charge in [0.1, 0.15) is 12.4 Å². The monoisotopic (exact) mass is 450 g/mol. The number of nitrogens with one attached hydrogen (secondary N) is 1. The molecule has 1 aliphatic heterocycles. The molecule has 2 aromatic rings. The number of thioether (sulfide) groups is 2. The minimum atomic E-state index is 0.365. The van der Waals surface area contributed by atoms with Crippen molar-refractivity contribution < 1.29 is 4.74 Å². The van der Waals surface area contributed by atoms with Crippen LogP contribution < -0.4 is 10.1 Å². The van der Waals surface area contributed by atoms with E-state index in [1.165, 1.54) is 28.4 Å². The quantitative estimate of drug-likeness (QED) is 0.380. The topological polar surface area (TPSA) is 24.5 Å². The number of hydrogen-bond acceptors (Lipinski definition) is 5. The zero-order valence-corrected chi connectivity index (χ0v) is 19.5. The van der Waals surface area contributed by atoms with E-state index in [9.17, 15) is 0 Å². The number of benzene rings is 2. The Labute approximate surface area is 188 Å². The minimum Gasteiger partial charge on any atom is -0.492 e. The Kier molecular flexibility index (Phi) is 10.0. The zero-order chi connectivity index (χ0) is 20.3. The van der Waals surface area contributed by atoms with Gasteiger partial charge in [-0.05, 0) is 72.6 Å². The molecule has 1 N–H and O–H groups in total. The molecule has 0 radical (unpaired) electrons. The maximum Gasteiger partial charge on any atom is 0.119 e. The molecule has 1 saturated heterocycles. The fourth-order valence-electron chi connectivity index (χ4n) is 3.41. The Hall–Kier alpha value is -0.850. The summed E-state index contributed by atoms with van der Waals surface area (Å²) in [5, 5.41) is 4.40. The van der Waals surface area contributed by atoms with E-state index in [1.54, 1.807) is 0 Å². The van der Waals surface area contributed by atoms with Crippen LogP contribution in [-0.4, -0.2) is 61.5 Å². The molecular weight excluding hydrogens is 420 g/mol. The highest BCUT2D eigenvalue weighted by atomic mass is 35.5. The molecule has 0 saturated carbocycles. The Bertz CT molecular complexity index is 729. The molecule has 6 heteroatoms. The lowest BCUT2D eigenvalue weighted by Gasteiger charge is -2.33. The molecule has 0 bridgehead atoms. The second kappa shape index (κ2) is 12.8. The number of ether oxygens (including phenoxy) is 1. The number of piperazine rings is 1. The smallest absolute Gasteiger partial charge is 0.119 e. The zero-order valence-electron chi connectivity index (χ0n) is 17.1. The standard InChI is InChI=1S/C23H31ClN2OS2/c1-28-14-3-15-29-23-8-6-22(7-9-23)27-18-21-17-26(13-11-25-21)12-10-19-4-2-5-20(24)16-19/h2,4-9,16,21,25H,3,10-15,17-18H2,1H3. The normalized spacial score (nSPS) is 17.4. The van der Waals surface area contributed by atoms with Crippen molar-refractivity contribution in [1.82, 2.24) is 10.2 Å². The van der Waals surface area contributed by atoms with Crippen LogP contribution in [0.2, 0.25) is 5.02 Å². The highest BCUT2D eigenvalue weighted by Gasteiger charge is 2.19. The number of nitrogens with zero attached hydrogens (tertiary/aromatic N) is 1. The molecule has 1 unspecified atom stereocenters. The maximum atomic E-state index is 6.09. The van der Waals surface area contributed by atoms with Gasteiger partial charge in [0.25, 0.3) is 0 Å². The molecule has 1 fully saturated rings. The van der Waals surface area contributed by atoms with Crippen LogP contribution >= 0.6 is 35.1 Å². The lowest BCUT2D eigenvalue weighted by atomic mass is 10.1. The van der Waals surface area contributed by atoms with Crippen LogP contribution in [0.4, 0.5) is 0 Å². The van der Waals surface area contributed by atoms with Crippen molar-refractivity contribution in [3.05, 3.63) is 59.1 Å². The van der Waals surface area contributed by atoms with E-state index < -0.39 is 0 Å². The average Bonchev–Trinajstić information content (AvgIpc) is 2.75. The summed E-state index contributed by atoms with van der Waals surface area (Å²) in [5.74, 6) is 3.37. The lowest BCUT2D eigenvalue weighted by Crippen LogP contribution is -2.53. The van der Waals surface area contributed by atoms with Crippen molar-refractivity contribution in [1.29, 1.82) is 0 Å². The van der Waals surface area contributed by atoms with E-state index >= 15 is 0 Å². The van der Waals surface area contributed by atoms with Gasteiger partial charge in [-0.15, -0.1) is 11.8 Å². The summed E-state index contributed by atoms with van der Waals surface area (Å²) >= 11 is 9.93. The first kappa shape index (κ1) is 22.8. The Morgan fingerprint density at radius 3 is 2.83 bits per heavy atom. The molecule has 1 atom stereocenters. The van der Waals surface area contributed by atoms with E-state index in [0.717, 1.165) is 43.4 Å². The third kappa shape index (κ3) is 8.42. The second-order valence-corrected chi connectivity index (χ2v) is 9.90. The number of halogens is 1. The van der Waals surface area contributed by atoms with Crippen molar-refractivity contribution in [2.75, 3.05) is 50.5 Å². The van der Waals surface area contributed by atoms with Crippen LogP contribution in [0.1, 0.15) is 12.0 Å². The van der Waals surface area contributed by atoms with Crippen LogP contribution in [0.5, 0.6) is 5.75 Å². The Morgan fingerprint density at radius 2 is 2.03 bits per heavy atom. The van der Waals surface area contributed by atoms with Crippen molar-refractivity contribution in [2.45, 2.75) is 23.8 Å². The first-order chi connectivity index (χ1) is 14.2. The molecule has 1 heterocycles. The predicted molar refractivity (Wildman–Crippen MR) is 129 cm³/mol. The first-order valence-electron chi connectivity index (χ1n) is 10.3. The third-order valence-electron chi connectivity index (χ3n) is 4.98. The summed E-state index contributed by atoms with van der Waals surface area (Å²) < 4.78 is 6.05. The fourth-order valence-corrected chi connectivity index (χ4v) is 5.09. The molecule has 1 aliphatic rings. The molecule has 0 aromatic heterocycles. The molecular formula is C23H31ClN2OS2. The van der Waals surface area contributed by atoms with Crippen LogP contribution in [0.3, 0.4) is 0 Å². The number of rotatable bonds is 11. The largest absolute Gasteiger partial charge is 0.492 e. The van der Waals surface area contributed by atoms with Gasteiger partial charge in [-0.3, -0.25) is 0 Å². The third-order valence-corrected chi connectivity index (χ3v) is 7.01. The van der Waals surface area contributed by atoms with E-state index in [4.69, 9.17) is 16.3 Å². The maximum absolute atomic E-state index is 6.09. The summed E-state index contributed by atoms with van der Waals surface area (Å²) in [6, 6.07) is 17.1. The van der Waals surface area contributed by atoms with Crippen molar-refractivity contribution in [3.63, 3.8) is 0 Å². The van der Waals surface area contributed by atoms with Crippen molar-refractivity contribution in [3.8, 4) is 5.75 Å². The van der Waals surface area contributed by atoms with Crippen LogP contribution in [0, 0.1) is 0 Å². The van der Waals surface area contributed by atoms with E-state index in [2.05, 4.69) is 52.9 Å². The highest BCUT2D eigenvalue weighted by molar-refractivity contribution is 7.99. The molecule has 29 heavy (non-hydrogen) atoms. The van der Waals surface area contributed by atoms with Crippen LogP contribution in [0.15, 0.2) is 53.4 Å². The summed E-state index contributed by atoms with van der Waals surface area (Å²) in [6.45, 7) is 4.87. The summed E-state index contributed by atoms with van der Waals surface area (Å²) in [7, 11) is 0. The minimum absolute atomic E-state index is 0.365. The highest BCUT2D eigenvalue weighted by Crippen LogP contribution is 2.22. The average molecular weight is 451 g/mol. The van der Waals surface area contributed by atoms with Gasteiger partial charge in [-0.25, -0.2) is 0 Å². The lowest BCUT2D eigenvalue weighted by molar-refractivity contribution is 0.159. The molecule has 2 aromatic carbocycles. The van der Waals surface area contributed by atoms with Crippen LogP contribution in [0.25, 0.3) is 0 Å². The summed E-state index contributed by atoms with van der Waals surface area (Å²) in [5.41, 5.74) is 1.30. The van der Waals surface area contributed by atoms with Crippen LogP contribution in [-0.2, 0) is 6.42 Å². The van der Waals surface area contributed by atoms with E-state index in [1.807, 2.05) is 35.7 Å². The Balaban J connectivity index is 1.37. The first-order valence-corrected chi connectivity index (χ1v) is 13.0. The summed E-state index contributed by atoms with van der Waals surface area (Å²) in [6.07, 6.45) is 4.45. The van der Waals surface area contributed by atoms with Crippen molar-refractivity contribution in [2.24, 2.45) is 0 Å². The van der Waals surface area contributed by atoms with Gasteiger partial charge in [0.15, 0.2) is 0 Å². The summed E-state index contributed by atoms with van der Waals surface area (Å²) in [4.78, 5) is 3.83. The molecule has 0 spiro atoms. The SMILES string of the molecule is CSCCCSc1ccc(OCC2CN(CCc3cccc(Cl)c3)CCN2)cc1. The molecule has 0 aliphatic carbocycles. The van der Waals surface area contributed by atoms with Gasteiger partial charge in [-0.1, -0.05) is 23.7 Å². The fraction of sp³-hybridized carbons (Fsp3) is 0.478. The molecule has 0 amide bonds. The molecule has 158 valence electrons. The predicted octanol–water partition coefficient (Wildman–Crippen LogP) is 5.08. The van der Waals surface area contributed by atoms with Crippen molar-refractivity contribution >= 4 is 35.1 Å². The van der Waals surface area contributed by atoms with Gasteiger partial charge in [0.05, 0.1) is 6.04 Å². The van der Waals surface area contributed by atoms with Gasteiger partial charge < -0.3 is 15.0 Å². The van der Waals surface area contributed by atoms with Gasteiger partial charge in [0, 0.05) is 36.1 Å². The van der Waals surface area contributed by atoms with Gasteiger partial charge in [0.2, 0.25) is 0 Å².